The Bertz CT molecular complexity index is 800. The van der Waals surface area contributed by atoms with Gasteiger partial charge in [-0.05, 0) is 23.3 Å². The van der Waals surface area contributed by atoms with Crippen LogP contribution >= 0.6 is 0 Å². The molecular formula is C19H19F2NO6. The summed E-state index contributed by atoms with van der Waals surface area (Å²) in [5.41, 5.74) is 1.18. The maximum absolute atomic E-state index is 12.7. The number of hydrogen-bond acceptors (Lipinski definition) is 6. The van der Waals surface area contributed by atoms with Crippen LogP contribution in [0.25, 0.3) is 0 Å². The summed E-state index contributed by atoms with van der Waals surface area (Å²) in [5.74, 6) is -1.62. The van der Waals surface area contributed by atoms with Gasteiger partial charge in [-0.25, -0.2) is 0 Å². The number of carbonyl (C=O) groups excluding carboxylic acids is 1. The zero-order valence-corrected chi connectivity index (χ0v) is 15.0. The summed E-state index contributed by atoms with van der Waals surface area (Å²) >= 11 is 0. The number of alkyl halides is 2. The number of rotatable bonds is 10. The SMILES string of the molecule is COC(=O)CC(C[N+](=O)[O-])c1ccc(OC(F)F)c(OCc2ccccc2)c1. The van der Waals surface area contributed by atoms with E-state index in [1.54, 1.807) is 24.3 Å². The zero-order valence-electron chi connectivity index (χ0n) is 15.0. The molecule has 0 bridgehead atoms. The van der Waals surface area contributed by atoms with E-state index in [4.69, 9.17) is 4.74 Å². The van der Waals surface area contributed by atoms with Crippen LogP contribution in [-0.4, -0.2) is 31.2 Å². The average Bonchev–Trinajstić information content (AvgIpc) is 2.66. The summed E-state index contributed by atoms with van der Waals surface area (Å²) in [6.45, 7) is -3.50. The molecule has 1 unspecified atom stereocenters. The second kappa shape index (κ2) is 10.2. The van der Waals surface area contributed by atoms with Crippen LogP contribution in [-0.2, 0) is 16.1 Å². The van der Waals surface area contributed by atoms with E-state index in [-0.39, 0.29) is 24.5 Å². The Kier molecular flexibility index (Phi) is 7.67. The van der Waals surface area contributed by atoms with Gasteiger partial charge in [0.15, 0.2) is 11.5 Å². The van der Waals surface area contributed by atoms with Gasteiger partial charge in [-0.1, -0.05) is 36.4 Å². The Morgan fingerprint density at radius 1 is 1.14 bits per heavy atom. The smallest absolute Gasteiger partial charge is 0.387 e. The van der Waals surface area contributed by atoms with E-state index < -0.39 is 30.0 Å². The van der Waals surface area contributed by atoms with Gasteiger partial charge in [0.1, 0.15) is 6.61 Å². The summed E-state index contributed by atoms with van der Waals surface area (Å²) in [6, 6.07) is 13.0. The first-order valence-corrected chi connectivity index (χ1v) is 8.33. The lowest BCUT2D eigenvalue weighted by Gasteiger charge is -2.17. The van der Waals surface area contributed by atoms with Crippen molar-refractivity contribution in [2.75, 3.05) is 13.7 Å². The summed E-state index contributed by atoms with van der Waals surface area (Å²) in [4.78, 5) is 22.0. The lowest BCUT2D eigenvalue weighted by Crippen LogP contribution is -2.17. The van der Waals surface area contributed by atoms with Crippen LogP contribution in [0.3, 0.4) is 0 Å². The van der Waals surface area contributed by atoms with Gasteiger partial charge in [-0.15, -0.1) is 0 Å². The average molecular weight is 395 g/mol. The summed E-state index contributed by atoms with van der Waals surface area (Å²) in [7, 11) is 1.18. The van der Waals surface area contributed by atoms with Crippen molar-refractivity contribution in [3.8, 4) is 11.5 Å². The highest BCUT2D eigenvalue weighted by Gasteiger charge is 2.24. The van der Waals surface area contributed by atoms with Gasteiger partial charge in [0.25, 0.3) is 0 Å². The van der Waals surface area contributed by atoms with Crippen LogP contribution in [0.1, 0.15) is 23.5 Å². The van der Waals surface area contributed by atoms with Crippen LogP contribution in [0.5, 0.6) is 11.5 Å². The van der Waals surface area contributed by atoms with Gasteiger partial charge in [-0.2, -0.15) is 8.78 Å². The van der Waals surface area contributed by atoms with E-state index in [1.807, 2.05) is 6.07 Å². The molecule has 2 aromatic carbocycles. The lowest BCUT2D eigenvalue weighted by atomic mass is 9.95. The standard InChI is InChI=1S/C19H19F2NO6/c1-26-18(23)10-15(11-22(24)25)14-7-8-16(28-19(20)21)17(9-14)27-12-13-5-3-2-4-6-13/h2-9,15,19H,10-12H2,1H3. The van der Waals surface area contributed by atoms with Gasteiger partial charge < -0.3 is 14.2 Å². The number of esters is 1. The van der Waals surface area contributed by atoms with Crippen LogP contribution in [0.15, 0.2) is 48.5 Å². The molecule has 0 aromatic heterocycles. The molecule has 2 rings (SSSR count). The molecule has 0 aliphatic carbocycles. The largest absolute Gasteiger partial charge is 0.485 e. The minimum absolute atomic E-state index is 0.000123. The summed E-state index contributed by atoms with van der Waals surface area (Å²) < 4.78 is 40.0. The first-order chi connectivity index (χ1) is 13.4. The van der Waals surface area contributed by atoms with E-state index in [1.165, 1.54) is 25.3 Å². The van der Waals surface area contributed by atoms with Crippen molar-refractivity contribution in [3.05, 3.63) is 69.8 Å². The maximum Gasteiger partial charge on any atom is 0.387 e. The van der Waals surface area contributed by atoms with Gasteiger partial charge >= 0.3 is 12.6 Å². The molecule has 0 N–H and O–H groups in total. The summed E-state index contributed by atoms with van der Waals surface area (Å²) in [5, 5.41) is 11.0. The minimum Gasteiger partial charge on any atom is -0.485 e. The zero-order chi connectivity index (χ0) is 20.5. The van der Waals surface area contributed by atoms with Gasteiger partial charge in [0, 0.05) is 4.92 Å². The highest BCUT2D eigenvalue weighted by molar-refractivity contribution is 5.70. The quantitative estimate of drug-likeness (QED) is 0.346. The third-order valence-electron chi connectivity index (χ3n) is 3.90. The summed E-state index contributed by atoms with van der Waals surface area (Å²) in [6.07, 6.45) is -0.231. The van der Waals surface area contributed by atoms with E-state index in [0.717, 1.165) is 5.56 Å². The molecule has 0 saturated carbocycles. The Balaban J connectivity index is 2.30. The predicted octanol–water partition coefficient (Wildman–Crippen LogP) is 3.79. The molecule has 0 radical (unpaired) electrons. The fraction of sp³-hybridized carbons (Fsp3) is 0.316. The fourth-order valence-corrected chi connectivity index (χ4v) is 2.57. The van der Waals surface area contributed by atoms with E-state index >= 15 is 0 Å². The number of halogens is 2. The van der Waals surface area contributed by atoms with Crippen LogP contribution in [0.4, 0.5) is 8.78 Å². The normalized spacial score (nSPS) is 11.7. The van der Waals surface area contributed by atoms with Crippen LogP contribution in [0, 0.1) is 10.1 Å². The lowest BCUT2D eigenvalue weighted by molar-refractivity contribution is -0.483. The number of methoxy groups -OCH3 is 1. The Labute approximate surface area is 160 Å². The highest BCUT2D eigenvalue weighted by Crippen LogP contribution is 2.34. The van der Waals surface area contributed by atoms with Crippen molar-refractivity contribution in [1.82, 2.24) is 0 Å². The third-order valence-corrected chi connectivity index (χ3v) is 3.90. The topological polar surface area (TPSA) is 87.9 Å². The molecular weight excluding hydrogens is 376 g/mol. The Morgan fingerprint density at radius 3 is 2.46 bits per heavy atom. The molecule has 0 aliphatic rings. The van der Waals surface area contributed by atoms with E-state index in [9.17, 15) is 23.7 Å². The number of carbonyl (C=O) groups is 1. The second-order valence-electron chi connectivity index (χ2n) is 5.85. The first kappa shape index (κ1) is 21.1. The van der Waals surface area contributed by atoms with Crippen molar-refractivity contribution in [2.24, 2.45) is 0 Å². The molecule has 0 heterocycles. The monoisotopic (exact) mass is 395 g/mol. The Morgan fingerprint density at radius 2 is 1.86 bits per heavy atom. The predicted molar refractivity (Wildman–Crippen MR) is 95.1 cm³/mol. The molecule has 0 spiro atoms. The molecule has 0 fully saturated rings. The van der Waals surface area contributed by atoms with Crippen molar-refractivity contribution < 1.29 is 32.7 Å². The van der Waals surface area contributed by atoms with E-state index in [0.29, 0.717) is 5.56 Å². The molecule has 1 atom stereocenters. The van der Waals surface area contributed by atoms with Crippen molar-refractivity contribution in [3.63, 3.8) is 0 Å². The molecule has 0 amide bonds. The number of nitro groups is 1. The molecule has 150 valence electrons. The molecule has 0 aliphatic heterocycles. The molecule has 2 aromatic rings. The third kappa shape index (κ3) is 6.49. The number of hydrogen-bond donors (Lipinski definition) is 0. The molecule has 0 saturated heterocycles. The maximum atomic E-state index is 12.7. The first-order valence-electron chi connectivity index (χ1n) is 8.33. The van der Waals surface area contributed by atoms with Crippen molar-refractivity contribution >= 4 is 5.97 Å². The second-order valence-corrected chi connectivity index (χ2v) is 5.85. The number of ether oxygens (including phenoxy) is 3. The molecule has 7 nitrogen and oxygen atoms in total. The van der Waals surface area contributed by atoms with Gasteiger partial charge in [0.05, 0.1) is 19.4 Å². The Hall–Kier alpha value is -3.23. The fourth-order valence-electron chi connectivity index (χ4n) is 2.57. The number of benzene rings is 2. The molecule has 28 heavy (non-hydrogen) atoms. The van der Waals surface area contributed by atoms with Crippen molar-refractivity contribution in [2.45, 2.75) is 25.6 Å². The highest BCUT2D eigenvalue weighted by atomic mass is 19.3. The van der Waals surface area contributed by atoms with Crippen LogP contribution in [0.2, 0.25) is 0 Å². The molecule has 9 heteroatoms. The van der Waals surface area contributed by atoms with Crippen molar-refractivity contribution in [1.29, 1.82) is 0 Å². The van der Waals surface area contributed by atoms with Crippen LogP contribution < -0.4 is 9.47 Å². The van der Waals surface area contributed by atoms with Gasteiger partial charge in [-0.3, -0.25) is 14.9 Å². The number of nitrogens with zero attached hydrogens (tertiary/aromatic N) is 1. The van der Waals surface area contributed by atoms with Gasteiger partial charge in [0.2, 0.25) is 6.54 Å². The van der Waals surface area contributed by atoms with E-state index in [2.05, 4.69) is 9.47 Å². The minimum atomic E-state index is -3.06.